The Labute approximate surface area is 221 Å². The van der Waals surface area contributed by atoms with Crippen molar-refractivity contribution in [2.45, 2.75) is 32.4 Å². The van der Waals surface area contributed by atoms with Gasteiger partial charge < -0.3 is 20.3 Å². The molecular formula is C28H35F3N4O3. The third-order valence-electron chi connectivity index (χ3n) is 7.12. The minimum atomic E-state index is -4.54. The number of alkyl halides is 3. The number of nitrogens with one attached hydrogen (secondary N) is 2. The van der Waals surface area contributed by atoms with Crippen molar-refractivity contribution in [2.75, 3.05) is 62.7 Å². The molecule has 2 amide bonds. The summed E-state index contributed by atoms with van der Waals surface area (Å²) in [5.74, 6) is -0.293. The number of halogens is 3. The van der Waals surface area contributed by atoms with E-state index in [1.807, 2.05) is 0 Å². The van der Waals surface area contributed by atoms with Crippen LogP contribution in [0.3, 0.4) is 0 Å². The largest absolute Gasteiger partial charge is 0.416 e. The summed E-state index contributed by atoms with van der Waals surface area (Å²) < 4.78 is 44.6. The molecule has 4 rings (SSSR count). The lowest BCUT2D eigenvalue weighted by Gasteiger charge is -2.33. The van der Waals surface area contributed by atoms with E-state index in [9.17, 15) is 22.8 Å². The van der Waals surface area contributed by atoms with Crippen molar-refractivity contribution in [3.8, 4) is 0 Å². The molecule has 0 bridgehead atoms. The van der Waals surface area contributed by atoms with Gasteiger partial charge in [0, 0.05) is 49.7 Å². The summed E-state index contributed by atoms with van der Waals surface area (Å²) >= 11 is 0. The van der Waals surface area contributed by atoms with Crippen molar-refractivity contribution in [1.82, 2.24) is 10.2 Å². The van der Waals surface area contributed by atoms with Crippen molar-refractivity contribution in [2.24, 2.45) is 5.92 Å². The fourth-order valence-corrected chi connectivity index (χ4v) is 4.79. The molecule has 2 aromatic carbocycles. The molecule has 0 atom stereocenters. The molecule has 2 aliphatic rings. The minimum Gasteiger partial charge on any atom is -0.379 e. The number of hydrogen-bond donors (Lipinski definition) is 2. The second-order valence-electron chi connectivity index (χ2n) is 10.00. The Morgan fingerprint density at radius 2 is 1.74 bits per heavy atom. The van der Waals surface area contributed by atoms with Crippen LogP contribution in [0.2, 0.25) is 0 Å². The normalized spacial score (nSPS) is 17.3. The van der Waals surface area contributed by atoms with Crippen molar-refractivity contribution in [3.05, 3.63) is 59.2 Å². The molecule has 2 saturated heterocycles. The first kappa shape index (κ1) is 27.9. The van der Waals surface area contributed by atoms with Gasteiger partial charge in [-0.2, -0.15) is 13.2 Å². The van der Waals surface area contributed by atoms with Gasteiger partial charge in [0.25, 0.3) is 11.8 Å². The summed E-state index contributed by atoms with van der Waals surface area (Å²) in [6.07, 6.45) is -1.70. The molecule has 206 valence electrons. The van der Waals surface area contributed by atoms with E-state index >= 15 is 0 Å². The average Bonchev–Trinajstić information content (AvgIpc) is 2.91. The SMILES string of the molecule is CC1CCN(c2ccc(NC(=O)c3cccc(C(F)(F)F)c3)cc2C(=O)NCCCN2CCOCC2)CC1. The number of carbonyl (C=O) groups excluding carboxylic acids is 2. The maximum atomic E-state index is 13.3. The molecule has 7 nitrogen and oxygen atoms in total. The molecule has 2 fully saturated rings. The van der Waals surface area contributed by atoms with Gasteiger partial charge in [-0.3, -0.25) is 14.5 Å². The summed E-state index contributed by atoms with van der Waals surface area (Å²) in [5, 5.41) is 5.66. The van der Waals surface area contributed by atoms with Crippen LogP contribution in [0.25, 0.3) is 0 Å². The van der Waals surface area contributed by atoms with Gasteiger partial charge in [-0.05, 0) is 68.1 Å². The number of piperidine rings is 1. The van der Waals surface area contributed by atoms with Gasteiger partial charge in [0.1, 0.15) is 0 Å². The molecule has 2 N–H and O–H groups in total. The van der Waals surface area contributed by atoms with E-state index in [2.05, 4.69) is 27.4 Å². The standard InChI is InChI=1S/C28H35F3N4O3/c1-20-8-12-35(13-9-20)25-7-6-23(33-26(36)21-4-2-5-22(18-21)28(29,30)31)19-24(25)27(37)32-10-3-11-34-14-16-38-17-15-34/h2,4-7,18-20H,3,8-17H2,1H3,(H,32,37)(H,33,36). The van der Waals surface area contributed by atoms with E-state index in [0.717, 1.165) is 83.0 Å². The summed E-state index contributed by atoms with van der Waals surface area (Å²) in [4.78, 5) is 30.5. The lowest BCUT2D eigenvalue weighted by Crippen LogP contribution is -2.38. The highest BCUT2D eigenvalue weighted by atomic mass is 19.4. The van der Waals surface area contributed by atoms with Crippen LogP contribution in [0.4, 0.5) is 24.5 Å². The van der Waals surface area contributed by atoms with Crippen molar-refractivity contribution in [1.29, 1.82) is 0 Å². The molecule has 2 heterocycles. The number of carbonyl (C=O) groups is 2. The Morgan fingerprint density at radius 1 is 1.00 bits per heavy atom. The topological polar surface area (TPSA) is 73.9 Å². The monoisotopic (exact) mass is 532 g/mol. The van der Waals surface area contributed by atoms with Gasteiger partial charge in [0.05, 0.1) is 24.3 Å². The molecule has 0 unspecified atom stereocenters. The molecular weight excluding hydrogens is 497 g/mol. The van der Waals surface area contributed by atoms with E-state index in [-0.39, 0.29) is 11.5 Å². The summed E-state index contributed by atoms with van der Waals surface area (Å²) in [6, 6.07) is 9.38. The molecule has 0 aliphatic carbocycles. The van der Waals surface area contributed by atoms with Gasteiger partial charge in [-0.25, -0.2) is 0 Å². The second-order valence-corrected chi connectivity index (χ2v) is 10.00. The lowest BCUT2D eigenvalue weighted by molar-refractivity contribution is -0.137. The fraction of sp³-hybridized carbons (Fsp3) is 0.500. The molecule has 2 aromatic rings. The quantitative estimate of drug-likeness (QED) is 0.485. The van der Waals surface area contributed by atoms with E-state index < -0.39 is 17.6 Å². The highest BCUT2D eigenvalue weighted by Gasteiger charge is 2.31. The van der Waals surface area contributed by atoms with Gasteiger partial charge >= 0.3 is 6.18 Å². The first-order valence-electron chi connectivity index (χ1n) is 13.2. The van der Waals surface area contributed by atoms with Gasteiger partial charge in [-0.1, -0.05) is 13.0 Å². The number of anilines is 2. The van der Waals surface area contributed by atoms with Crippen LogP contribution in [0, 0.1) is 5.92 Å². The van der Waals surface area contributed by atoms with E-state index in [4.69, 9.17) is 4.74 Å². The number of ether oxygens (including phenoxy) is 1. The van der Waals surface area contributed by atoms with E-state index in [1.54, 1.807) is 18.2 Å². The molecule has 0 spiro atoms. The molecule has 0 aromatic heterocycles. The molecule has 2 aliphatic heterocycles. The molecule has 38 heavy (non-hydrogen) atoms. The Balaban J connectivity index is 1.47. The van der Waals surface area contributed by atoms with Crippen LogP contribution in [0.15, 0.2) is 42.5 Å². The highest BCUT2D eigenvalue weighted by molar-refractivity contribution is 6.06. The Kier molecular flexibility index (Phi) is 9.27. The zero-order valence-electron chi connectivity index (χ0n) is 21.7. The Bertz CT molecular complexity index is 1110. The van der Waals surface area contributed by atoms with Crippen LogP contribution >= 0.6 is 0 Å². The summed E-state index contributed by atoms with van der Waals surface area (Å²) in [7, 11) is 0. The first-order valence-corrected chi connectivity index (χ1v) is 13.2. The molecule has 0 saturated carbocycles. The van der Waals surface area contributed by atoms with Gasteiger partial charge in [-0.15, -0.1) is 0 Å². The van der Waals surface area contributed by atoms with Crippen molar-refractivity contribution in [3.63, 3.8) is 0 Å². The third-order valence-corrected chi connectivity index (χ3v) is 7.12. The van der Waals surface area contributed by atoms with E-state index in [1.165, 1.54) is 12.1 Å². The van der Waals surface area contributed by atoms with E-state index in [0.29, 0.717) is 23.7 Å². The van der Waals surface area contributed by atoms with Crippen LogP contribution in [0.5, 0.6) is 0 Å². The zero-order valence-corrected chi connectivity index (χ0v) is 21.7. The fourth-order valence-electron chi connectivity index (χ4n) is 4.79. The Morgan fingerprint density at radius 3 is 2.45 bits per heavy atom. The smallest absolute Gasteiger partial charge is 0.379 e. The first-order chi connectivity index (χ1) is 18.2. The number of hydrogen-bond acceptors (Lipinski definition) is 5. The van der Waals surface area contributed by atoms with Gasteiger partial charge in [0.2, 0.25) is 0 Å². The van der Waals surface area contributed by atoms with Crippen LogP contribution < -0.4 is 15.5 Å². The van der Waals surface area contributed by atoms with Crippen LogP contribution in [0.1, 0.15) is 52.5 Å². The average molecular weight is 533 g/mol. The molecule has 10 heteroatoms. The third kappa shape index (κ3) is 7.48. The lowest BCUT2D eigenvalue weighted by atomic mass is 9.97. The second kappa shape index (κ2) is 12.6. The number of nitrogens with zero attached hydrogens (tertiary/aromatic N) is 2. The van der Waals surface area contributed by atoms with Crippen molar-refractivity contribution < 1.29 is 27.5 Å². The molecule has 0 radical (unpaired) electrons. The highest BCUT2D eigenvalue weighted by Crippen LogP contribution is 2.31. The number of rotatable bonds is 8. The predicted molar refractivity (Wildman–Crippen MR) is 141 cm³/mol. The summed E-state index contributed by atoms with van der Waals surface area (Å²) in [6.45, 7) is 8.47. The Hall–Kier alpha value is -3.11. The maximum Gasteiger partial charge on any atom is 0.416 e. The minimum absolute atomic E-state index is 0.108. The maximum absolute atomic E-state index is 13.3. The predicted octanol–water partition coefficient (Wildman–Crippen LogP) is 4.65. The van der Waals surface area contributed by atoms with Crippen LogP contribution in [-0.2, 0) is 10.9 Å². The summed E-state index contributed by atoms with van der Waals surface area (Å²) in [5.41, 5.74) is 0.576. The number of benzene rings is 2. The number of morpholine rings is 1. The van der Waals surface area contributed by atoms with Gasteiger partial charge in [0.15, 0.2) is 0 Å². The van der Waals surface area contributed by atoms with Crippen molar-refractivity contribution >= 4 is 23.2 Å². The van der Waals surface area contributed by atoms with Crippen LogP contribution in [-0.4, -0.2) is 69.2 Å². The zero-order chi connectivity index (χ0) is 27.1. The number of amides is 2.